The van der Waals surface area contributed by atoms with Crippen LogP contribution < -0.4 is 16.0 Å². The van der Waals surface area contributed by atoms with Gasteiger partial charge in [0, 0.05) is 32.3 Å². The van der Waals surface area contributed by atoms with Crippen molar-refractivity contribution in [3.05, 3.63) is 24.4 Å². The van der Waals surface area contributed by atoms with Gasteiger partial charge in [-0.2, -0.15) is 0 Å². The van der Waals surface area contributed by atoms with Gasteiger partial charge >= 0.3 is 12.0 Å². The first-order valence-electron chi connectivity index (χ1n) is 6.57. The van der Waals surface area contributed by atoms with Gasteiger partial charge in [-0.25, -0.2) is 9.78 Å². The number of carbonyl (C=O) groups is 2. The molecule has 4 N–H and O–H groups in total. The number of aromatic nitrogens is 1. The van der Waals surface area contributed by atoms with Gasteiger partial charge in [0.1, 0.15) is 5.82 Å². The van der Waals surface area contributed by atoms with E-state index in [1.165, 1.54) is 0 Å². The molecule has 0 unspecified atom stereocenters. The molecule has 1 heterocycles. The number of nitrogens with one attached hydrogen (secondary N) is 3. The van der Waals surface area contributed by atoms with Crippen LogP contribution in [0, 0.1) is 0 Å². The highest BCUT2D eigenvalue weighted by molar-refractivity contribution is 5.73. The maximum absolute atomic E-state index is 11.3. The lowest BCUT2D eigenvalue weighted by Gasteiger charge is -2.08. The van der Waals surface area contributed by atoms with Crippen molar-refractivity contribution in [2.24, 2.45) is 0 Å². The van der Waals surface area contributed by atoms with E-state index >= 15 is 0 Å². The lowest BCUT2D eigenvalue weighted by atomic mass is 10.3. The summed E-state index contributed by atoms with van der Waals surface area (Å²) in [4.78, 5) is 25.7. The lowest BCUT2D eigenvalue weighted by molar-refractivity contribution is -0.137. The highest BCUT2D eigenvalue weighted by Crippen LogP contribution is 1.98. The van der Waals surface area contributed by atoms with Crippen molar-refractivity contribution < 1.29 is 14.7 Å². The zero-order valence-electron chi connectivity index (χ0n) is 11.3. The molecule has 0 aliphatic rings. The molecule has 7 heteroatoms. The van der Waals surface area contributed by atoms with Crippen LogP contribution in [0.4, 0.5) is 10.6 Å². The molecule has 1 rings (SSSR count). The fourth-order valence-corrected chi connectivity index (χ4v) is 1.48. The molecule has 0 spiro atoms. The molecule has 0 atom stereocenters. The van der Waals surface area contributed by atoms with Gasteiger partial charge in [-0.15, -0.1) is 0 Å². The molecule has 0 aliphatic carbocycles. The summed E-state index contributed by atoms with van der Waals surface area (Å²) in [6.45, 7) is 1.63. The van der Waals surface area contributed by atoms with Crippen LogP contribution in [0.25, 0.3) is 0 Å². The minimum Gasteiger partial charge on any atom is -0.481 e. The Morgan fingerprint density at radius 1 is 1.10 bits per heavy atom. The molecule has 0 radical (unpaired) electrons. The Bertz CT molecular complexity index is 411. The predicted octanol–water partition coefficient (Wildman–Crippen LogP) is 1.05. The van der Waals surface area contributed by atoms with Crippen molar-refractivity contribution in [1.29, 1.82) is 0 Å². The quantitative estimate of drug-likeness (QED) is 0.506. The van der Waals surface area contributed by atoms with Crippen molar-refractivity contribution in [1.82, 2.24) is 15.6 Å². The average Bonchev–Trinajstić information content (AvgIpc) is 2.44. The minimum atomic E-state index is -0.854. The van der Waals surface area contributed by atoms with E-state index in [1.54, 1.807) is 6.20 Å². The minimum absolute atomic E-state index is 0.0638. The van der Waals surface area contributed by atoms with Crippen LogP contribution in [-0.2, 0) is 4.79 Å². The van der Waals surface area contributed by atoms with E-state index in [1.807, 2.05) is 18.2 Å². The number of hydrogen-bond donors (Lipinski definition) is 4. The van der Waals surface area contributed by atoms with Crippen molar-refractivity contribution in [3.8, 4) is 0 Å². The number of hydrogen-bond acceptors (Lipinski definition) is 4. The molecule has 0 bridgehead atoms. The number of aliphatic carboxylic acids is 1. The normalized spacial score (nSPS) is 9.80. The Hall–Kier alpha value is -2.31. The zero-order chi connectivity index (χ0) is 14.6. The zero-order valence-corrected chi connectivity index (χ0v) is 11.3. The number of anilines is 1. The number of urea groups is 1. The van der Waals surface area contributed by atoms with Gasteiger partial charge in [-0.3, -0.25) is 4.79 Å². The van der Waals surface area contributed by atoms with E-state index in [-0.39, 0.29) is 12.5 Å². The van der Waals surface area contributed by atoms with Gasteiger partial charge in [-0.1, -0.05) is 6.07 Å². The first-order chi connectivity index (χ1) is 9.68. The summed E-state index contributed by atoms with van der Waals surface area (Å²) in [7, 11) is 0. The molecule has 0 aliphatic heterocycles. The molecule has 0 saturated heterocycles. The van der Waals surface area contributed by atoms with Crippen LogP contribution in [0.5, 0.6) is 0 Å². The molecule has 20 heavy (non-hydrogen) atoms. The molecular formula is C13H20N4O3. The summed E-state index contributed by atoms with van der Waals surface area (Å²) in [6.07, 6.45) is 2.99. The van der Waals surface area contributed by atoms with Crippen LogP contribution >= 0.6 is 0 Å². The Kier molecular flexibility index (Phi) is 7.56. The predicted molar refractivity (Wildman–Crippen MR) is 75.6 cm³/mol. The molecule has 1 aromatic rings. The number of carboxylic acids is 1. The van der Waals surface area contributed by atoms with Crippen LogP contribution in [0.1, 0.15) is 19.3 Å². The van der Waals surface area contributed by atoms with E-state index in [0.717, 1.165) is 18.8 Å². The molecule has 2 amide bonds. The first kappa shape index (κ1) is 15.7. The van der Waals surface area contributed by atoms with E-state index in [2.05, 4.69) is 20.9 Å². The summed E-state index contributed by atoms with van der Waals surface area (Å²) in [6, 6.07) is 5.36. The van der Waals surface area contributed by atoms with Crippen molar-refractivity contribution in [2.75, 3.05) is 25.0 Å². The summed E-state index contributed by atoms with van der Waals surface area (Å²) in [5.74, 6) is -0.0431. The van der Waals surface area contributed by atoms with Crippen LogP contribution in [-0.4, -0.2) is 41.7 Å². The second-order valence-electron chi connectivity index (χ2n) is 4.18. The maximum atomic E-state index is 11.3. The number of nitrogens with zero attached hydrogens (tertiary/aromatic N) is 1. The second kappa shape index (κ2) is 9.60. The molecule has 0 saturated carbocycles. The van der Waals surface area contributed by atoms with Crippen LogP contribution in [0.3, 0.4) is 0 Å². The third-order valence-electron chi connectivity index (χ3n) is 2.46. The number of carbonyl (C=O) groups excluding carboxylic acids is 1. The van der Waals surface area contributed by atoms with E-state index < -0.39 is 5.97 Å². The van der Waals surface area contributed by atoms with Gasteiger partial charge in [0.05, 0.1) is 0 Å². The number of carboxylic acid groups (broad SMARTS) is 1. The highest BCUT2D eigenvalue weighted by Gasteiger charge is 2.00. The Morgan fingerprint density at radius 3 is 2.50 bits per heavy atom. The molecule has 0 fully saturated rings. The van der Waals surface area contributed by atoms with Gasteiger partial charge < -0.3 is 21.1 Å². The lowest BCUT2D eigenvalue weighted by Crippen LogP contribution is -2.37. The number of pyridine rings is 1. The van der Waals surface area contributed by atoms with Crippen LogP contribution in [0.15, 0.2) is 24.4 Å². The van der Waals surface area contributed by atoms with Crippen LogP contribution in [0.2, 0.25) is 0 Å². The Labute approximate surface area is 117 Å². The third kappa shape index (κ3) is 7.91. The summed E-state index contributed by atoms with van der Waals surface area (Å²) in [5, 5.41) is 16.9. The fraction of sp³-hybridized carbons (Fsp3) is 0.462. The van der Waals surface area contributed by atoms with Crippen molar-refractivity contribution in [2.45, 2.75) is 19.3 Å². The molecular weight excluding hydrogens is 260 g/mol. The topological polar surface area (TPSA) is 103 Å². The van der Waals surface area contributed by atoms with E-state index in [9.17, 15) is 9.59 Å². The molecule has 110 valence electrons. The second-order valence-corrected chi connectivity index (χ2v) is 4.18. The average molecular weight is 280 g/mol. The first-order valence-corrected chi connectivity index (χ1v) is 6.57. The molecule has 1 aromatic heterocycles. The standard InChI is InChI=1S/C13H20N4O3/c18-12(19)6-3-8-16-13(20)17-10-4-9-15-11-5-1-2-7-14-11/h1-2,5,7H,3-4,6,8-10H2,(H,14,15)(H,18,19)(H2,16,17,20). The summed E-state index contributed by atoms with van der Waals surface area (Å²) >= 11 is 0. The van der Waals surface area contributed by atoms with E-state index in [4.69, 9.17) is 5.11 Å². The number of rotatable bonds is 9. The van der Waals surface area contributed by atoms with Gasteiger partial charge in [-0.05, 0) is 25.0 Å². The largest absolute Gasteiger partial charge is 0.481 e. The summed E-state index contributed by atoms with van der Waals surface area (Å²) in [5.41, 5.74) is 0. The van der Waals surface area contributed by atoms with Gasteiger partial charge in [0.15, 0.2) is 0 Å². The third-order valence-corrected chi connectivity index (χ3v) is 2.46. The van der Waals surface area contributed by atoms with E-state index in [0.29, 0.717) is 19.5 Å². The maximum Gasteiger partial charge on any atom is 0.314 e. The monoisotopic (exact) mass is 280 g/mol. The summed E-state index contributed by atoms with van der Waals surface area (Å²) < 4.78 is 0. The Morgan fingerprint density at radius 2 is 1.85 bits per heavy atom. The number of amides is 2. The fourth-order valence-electron chi connectivity index (χ4n) is 1.48. The van der Waals surface area contributed by atoms with Crippen molar-refractivity contribution in [3.63, 3.8) is 0 Å². The van der Waals surface area contributed by atoms with Gasteiger partial charge in [0.25, 0.3) is 0 Å². The van der Waals surface area contributed by atoms with Gasteiger partial charge in [0.2, 0.25) is 0 Å². The van der Waals surface area contributed by atoms with Crippen molar-refractivity contribution >= 4 is 17.8 Å². The smallest absolute Gasteiger partial charge is 0.314 e. The molecule has 7 nitrogen and oxygen atoms in total. The SMILES string of the molecule is O=C(O)CCCNC(=O)NCCCNc1ccccn1. The highest BCUT2D eigenvalue weighted by atomic mass is 16.4. The molecule has 0 aromatic carbocycles. The Balaban J connectivity index is 1.95.